The SMILES string of the molecule is Nc1ccn(-c2ccc(CN(CCO)C3CCCCC3)cc2)c(=O)n1. The molecule has 134 valence electrons. The lowest BCUT2D eigenvalue weighted by Gasteiger charge is -2.34. The summed E-state index contributed by atoms with van der Waals surface area (Å²) in [4.78, 5) is 18.1. The van der Waals surface area contributed by atoms with Crippen LogP contribution in [0.2, 0.25) is 0 Å². The van der Waals surface area contributed by atoms with Crippen molar-refractivity contribution in [1.82, 2.24) is 14.5 Å². The first-order valence-corrected chi connectivity index (χ1v) is 8.97. The van der Waals surface area contributed by atoms with Gasteiger partial charge in [-0.15, -0.1) is 0 Å². The molecule has 1 aliphatic carbocycles. The predicted molar refractivity (Wildman–Crippen MR) is 98.6 cm³/mol. The fourth-order valence-corrected chi connectivity index (χ4v) is 3.57. The number of anilines is 1. The Morgan fingerprint density at radius 1 is 1.16 bits per heavy atom. The number of benzene rings is 1. The molecule has 1 aromatic heterocycles. The maximum Gasteiger partial charge on any atom is 0.354 e. The minimum atomic E-state index is -0.378. The number of aromatic nitrogens is 2. The molecule has 1 saturated carbocycles. The summed E-state index contributed by atoms with van der Waals surface area (Å²) in [6.45, 7) is 1.70. The highest BCUT2D eigenvalue weighted by molar-refractivity contribution is 5.36. The molecule has 2 aromatic rings. The molecule has 0 radical (unpaired) electrons. The lowest BCUT2D eigenvalue weighted by atomic mass is 9.94. The van der Waals surface area contributed by atoms with Crippen molar-refractivity contribution >= 4 is 5.82 Å². The van der Waals surface area contributed by atoms with E-state index in [1.165, 1.54) is 42.2 Å². The van der Waals surface area contributed by atoms with Gasteiger partial charge in [0.25, 0.3) is 0 Å². The second-order valence-corrected chi connectivity index (χ2v) is 6.66. The van der Waals surface area contributed by atoms with Gasteiger partial charge >= 0.3 is 5.69 Å². The van der Waals surface area contributed by atoms with Crippen LogP contribution in [-0.4, -0.2) is 38.8 Å². The van der Waals surface area contributed by atoms with Gasteiger partial charge in [-0.05, 0) is 36.6 Å². The number of hydrogen-bond donors (Lipinski definition) is 2. The average molecular weight is 342 g/mol. The van der Waals surface area contributed by atoms with Crippen LogP contribution in [0.15, 0.2) is 41.3 Å². The Morgan fingerprint density at radius 3 is 2.52 bits per heavy atom. The van der Waals surface area contributed by atoms with Crippen molar-refractivity contribution < 1.29 is 5.11 Å². The van der Waals surface area contributed by atoms with Crippen LogP contribution in [0.4, 0.5) is 5.82 Å². The van der Waals surface area contributed by atoms with E-state index in [1.807, 2.05) is 24.3 Å². The number of nitrogens with two attached hydrogens (primary N) is 1. The van der Waals surface area contributed by atoms with E-state index in [4.69, 9.17) is 5.73 Å². The molecule has 0 bridgehead atoms. The van der Waals surface area contributed by atoms with Crippen LogP contribution in [0, 0.1) is 0 Å². The zero-order valence-corrected chi connectivity index (χ0v) is 14.5. The minimum absolute atomic E-state index is 0.182. The standard InChI is InChI=1S/C19H26N4O2/c20-18-10-11-23(19(25)21-18)17-8-6-15(7-9-17)14-22(12-13-24)16-4-2-1-3-5-16/h6-11,16,24H,1-5,12-14H2,(H2,20,21,25). The molecule has 0 spiro atoms. The Hall–Kier alpha value is -2.18. The van der Waals surface area contributed by atoms with Crippen molar-refractivity contribution in [2.75, 3.05) is 18.9 Å². The highest BCUT2D eigenvalue weighted by Gasteiger charge is 2.20. The van der Waals surface area contributed by atoms with Crippen LogP contribution in [-0.2, 0) is 6.54 Å². The fraction of sp³-hybridized carbons (Fsp3) is 0.474. The van der Waals surface area contributed by atoms with Crippen LogP contribution >= 0.6 is 0 Å². The molecule has 0 amide bonds. The van der Waals surface area contributed by atoms with Gasteiger partial charge in [-0.25, -0.2) is 4.79 Å². The normalized spacial score (nSPS) is 15.6. The Balaban J connectivity index is 1.73. The Labute approximate surface area is 147 Å². The van der Waals surface area contributed by atoms with Gasteiger partial charge in [0.15, 0.2) is 0 Å². The molecular formula is C19H26N4O2. The van der Waals surface area contributed by atoms with Gasteiger partial charge in [0.1, 0.15) is 5.82 Å². The Bertz CT molecular complexity index is 736. The molecule has 0 unspecified atom stereocenters. The molecule has 0 saturated heterocycles. The molecule has 6 nitrogen and oxygen atoms in total. The summed E-state index contributed by atoms with van der Waals surface area (Å²) in [5, 5.41) is 9.39. The van der Waals surface area contributed by atoms with Crippen molar-refractivity contribution in [1.29, 1.82) is 0 Å². The zero-order chi connectivity index (χ0) is 17.6. The number of hydrogen-bond acceptors (Lipinski definition) is 5. The van der Waals surface area contributed by atoms with Gasteiger partial charge < -0.3 is 10.8 Å². The number of nitrogens with zero attached hydrogens (tertiary/aromatic N) is 3. The molecule has 3 N–H and O–H groups in total. The first kappa shape index (κ1) is 17.6. The largest absolute Gasteiger partial charge is 0.395 e. The van der Waals surface area contributed by atoms with Crippen molar-refractivity contribution in [3.05, 3.63) is 52.6 Å². The van der Waals surface area contributed by atoms with Gasteiger partial charge in [0.2, 0.25) is 0 Å². The summed E-state index contributed by atoms with van der Waals surface area (Å²) in [6, 6.07) is 10.1. The third kappa shape index (κ3) is 4.46. The molecule has 1 heterocycles. The first-order chi connectivity index (χ1) is 12.2. The summed E-state index contributed by atoms with van der Waals surface area (Å²) in [7, 11) is 0. The molecule has 1 aromatic carbocycles. The summed E-state index contributed by atoms with van der Waals surface area (Å²) in [5.41, 5.74) is 7.11. The van der Waals surface area contributed by atoms with Crippen molar-refractivity contribution in [2.24, 2.45) is 0 Å². The van der Waals surface area contributed by atoms with E-state index in [1.54, 1.807) is 12.3 Å². The van der Waals surface area contributed by atoms with E-state index in [-0.39, 0.29) is 18.1 Å². The van der Waals surface area contributed by atoms with Gasteiger partial charge in [0, 0.05) is 25.3 Å². The monoisotopic (exact) mass is 342 g/mol. The predicted octanol–water partition coefficient (Wildman–Crippen LogP) is 1.94. The number of rotatable bonds is 6. The van der Waals surface area contributed by atoms with Crippen LogP contribution in [0.5, 0.6) is 0 Å². The van der Waals surface area contributed by atoms with E-state index in [9.17, 15) is 9.90 Å². The topological polar surface area (TPSA) is 84.4 Å². The van der Waals surface area contributed by atoms with Gasteiger partial charge in [-0.1, -0.05) is 31.4 Å². The molecular weight excluding hydrogens is 316 g/mol. The molecule has 0 atom stereocenters. The van der Waals surface area contributed by atoms with E-state index in [0.29, 0.717) is 12.6 Å². The summed E-state index contributed by atoms with van der Waals surface area (Å²) < 4.78 is 1.48. The second kappa shape index (κ2) is 8.27. The van der Waals surface area contributed by atoms with Gasteiger partial charge in [-0.2, -0.15) is 4.98 Å². The lowest BCUT2D eigenvalue weighted by molar-refractivity contribution is 0.117. The van der Waals surface area contributed by atoms with E-state index in [0.717, 1.165) is 12.2 Å². The third-order valence-electron chi connectivity index (χ3n) is 4.90. The molecule has 1 aliphatic rings. The summed E-state index contributed by atoms with van der Waals surface area (Å²) in [6.07, 6.45) is 7.94. The first-order valence-electron chi connectivity index (χ1n) is 8.97. The molecule has 25 heavy (non-hydrogen) atoms. The quantitative estimate of drug-likeness (QED) is 0.838. The van der Waals surface area contributed by atoms with Crippen molar-refractivity contribution in [3.63, 3.8) is 0 Å². The fourth-order valence-electron chi connectivity index (χ4n) is 3.57. The maximum absolute atomic E-state index is 11.9. The Kier molecular flexibility index (Phi) is 5.83. The van der Waals surface area contributed by atoms with Crippen LogP contribution in [0.1, 0.15) is 37.7 Å². The smallest absolute Gasteiger partial charge is 0.354 e. The number of aliphatic hydroxyl groups excluding tert-OH is 1. The van der Waals surface area contributed by atoms with Gasteiger partial charge in [-0.3, -0.25) is 9.47 Å². The van der Waals surface area contributed by atoms with Crippen molar-refractivity contribution in [3.8, 4) is 5.69 Å². The van der Waals surface area contributed by atoms with E-state index in [2.05, 4.69) is 9.88 Å². The van der Waals surface area contributed by atoms with Crippen LogP contribution in [0.3, 0.4) is 0 Å². The van der Waals surface area contributed by atoms with E-state index >= 15 is 0 Å². The molecule has 3 rings (SSSR count). The Morgan fingerprint density at radius 2 is 1.88 bits per heavy atom. The van der Waals surface area contributed by atoms with Crippen molar-refractivity contribution in [2.45, 2.75) is 44.7 Å². The number of aliphatic hydroxyl groups is 1. The average Bonchev–Trinajstić information content (AvgIpc) is 2.63. The minimum Gasteiger partial charge on any atom is -0.395 e. The third-order valence-corrected chi connectivity index (χ3v) is 4.90. The van der Waals surface area contributed by atoms with E-state index < -0.39 is 0 Å². The summed E-state index contributed by atoms with van der Waals surface area (Å²) >= 11 is 0. The highest BCUT2D eigenvalue weighted by atomic mass is 16.3. The van der Waals surface area contributed by atoms with Crippen LogP contribution in [0.25, 0.3) is 5.69 Å². The molecule has 0 aliphatic heterocycles. The van der Waals surface area contributed by atoms with Gasteiger partial charge in [0.05, 0.1) is 12.3 Å². The number of nitrogen functional groups attached to an aromatic ring is 1. The summed E-state index contributed by atoms with van der Waals surface area (Å²) in [5.74, 6) is 0.227. The second-order valence-electron chi connectivity index (χ2n) is 6.66. The van der Waals surface area contributed by atoms with Crippen LogP contribution < -0.4 is 11.4 Å². The lowest BCUT2D eigenvalue weighted by Crippen LogP contribution is -2.38. The molecule has 6 heteroatoms. The zero-order valence-electron chi connectivity index (χ0n) is 14.5. The highest BCUT2D eigenvalue weighted by Crippen LogP contribution is 2.24. The maximum atomic E-state index is 11.9. The molecule has 1 fully saturated rings.